The molecule has 0 saturated carbocycles. The van der Waals surface area contributed by atoms with E-state index in [-0.39, 0.29) is 12.1 Å². The van der Waals surface area contributed by atoms with E-state index in [9.17, 15) is 4.79 Å². The van der Waals surface area contributed by atoms with Gasteiger partial charge in [0.05, 0.1) is 12.7 Å². The molecule has 1 N–H and O–H groups in total. The highest BCUT2D eigenvalue weighted by molar-refractivity contribution is 5.90. The molecule has 1 aliphatic heterocycles. The second-order valence-electron chi connectivity index (χ2n) is 6.59. The number of para-hydroxylation sites is 1. The summed E-state index contributed by atoms with van der Waals surface area (Å²) in [4.78, 5) is 18.5. The van der Waals surface area contributed by atoms with Gasteiger partial charge in [-0.05, 0) is 31.4 Å². The number of piperidine rings is 1. The minimum Gasteiger partial charge on any atom is -0.378 e. The van der Waals surface area contributed by atoms with Crippen LogP contribution in [-0.4, -0.2) is 54.0 Å². The monoisotopic (exact) mass is 374 g/mol. The van der Waals surface area contributed by atoms with Crippen molar-refractivity contribution in [3.63, 3.8) is 0 Å². The van der Waals surface area contributed by atoms with Crippen molar-refractivity contribution in [3.05, 3.63) is 41.5 Å². The van der Waals surface area contributed by atoms with Gasteiger partial charge in [-0.1, -0.05) is 23.4 Å². The maximum Gasteiger partial charge on any atom is 0.321 e. The van der Waals surface area contributed by atoms with Crippen LogP contribution in [0.5, 0.6) is 0 Å². The van der Waals surface area contributed by atoms with Gasteiger partial charge < -0.3 is 24.2 Å². The zero-order valence-corrected chi connectivity index (χ0v) is 15.8. The SMILES string of the molecule is COCc1nc(CCOC2CCN(C(=O)Nc3ccccc3C)CC2)no1. The lowest BCUT2D eigenvalue weighted by atomic mass is 10.1. The van der Waals surface area contributed by atoms with Crippen molar-refractivity contribution in [2.24, 2.45) is 0 Å². The number of hydrogen-bond acceptors (Lipinski definition) is 6. The topological polar surface area (TPSA) is 89.7 Å². The number of likely N-dealkylation sites (tertiary alicyclic amines) is 1. The van der Waals surface area contributed by atoms with Crippen LogP contribution < -0.4 is 5.32 Å². The maximum atomic E-state index is 12.4. The Hall–Kier alpha value is -2.45. The third kappa shape index (κ3) is 5.51. The Morgan fingerprint density at radius 2 is 2.11 bits per heavy atom. The van der Waals surface area contributed by atoms with Gasteiger partial charge in [-0.25, -0.2) is 4.79 Å². The Bertz CT molecular complexity index is 741. The number of rotatable bonds is 7. The second kappa shape index (κ2) is 9.48. The van der Waals surface area contributed by atoms with Crippen molar-refractivity contribution in [1.29, 1.82) is 0 Å². The van der Waals surface area contributed by atoms with Gasteiger partial charge in [0.25, 0.3) is 5.89 Å². The molecule has 27 heavy (non-hydrogen) atoms. The lowest BCUT2D eigenvalue weighted by molar-refractivity contribution is 0.0168. The molecular formula is C19H26N4O4. The van der Waals surface area contributed by atoms with Crippen molar-refractivity contribution >= 4 is 11.7 Å². The number of benzene rings is 1. The molecule has 3 rings (SSSR count). The van der Waals surface area contributed by atoms with Crippen LogP contribution in [0.15, 0.2) is 28.8 Å². The minimum atomic E-state index is -0.0554. The number of nitrogens with zero attached hydrogens (tertiary/aromatic N) is 3. The van der Waals surface area contributed by atoms with Crippen LogP contribution in [0.4, 0.5) is 10.5 Å². The molecule has 2 amide bonds. The molecule has 0 radical (unpaired) electrons. The van der Waals surface area contributed by atoms with E-state index in [4.69, 9.17) is 14.0 Å². The first-order valence-electron chi connectivity index (χ1n) is 9.19. The highest BCUT2D eigenvalue weighted by Gasteiger charge is 2.23. The number of hydrogen-bond donors (Lipinski definition) is 1. The first kappa shape index (κ1) is 19.3. The Morgan fingerprint density at radius 3 is 2.85 bits per heavy atom. The van der Waals surface area contributed by atoms with E-state index in [0.29, 0.717) is 44.4 Å². The molecular weight excluding hydrogens is 348 g/mol. The van der Waals surface area contributed by atoms with Crippen molar-refractivity contribution in [1.82, 2.24) is 15.0 Å². The number of ether oxygens (including phenoxy) is 2. The smallest absolute Gasteiger partial charge is 0.321 e. The molecule has 8 nitrogen and oxygen atoms in total. The predicted molar refractivity (Wildman–Crippen MR) is 99.5 cm³/mol. The van der Waals surface area contributed by atoms with E-state index in [2.05, 4.69) is 15.5 Å². The number of aryl methyl sites for hydroxylation is 1. The number of anilines is 1. The summed E-state index contributed by atoms with van der Waals surface area (Å²) in [5, 5.41) is 6.87. The van der Waals surface area contributed by atoms with Crippen LogP contribution in [0.25, 0.3) is 0 Å². The summed E-state index contributed by atoms with van der Waals surface area (Å²) in [7, 11) is 1.58. The Labute approximate surface area is 158 Å². The summed E-state index contributed by atoms with van der Waals surface area (Å²) >= 11 is 0. The van der Waals surface area contributed by atoms with Gasteiger partial charge in [0.1, 0.15) is 6.61 Å². The highest BCUT2D eigenvalue weighted by Crippen LogP contribution is 2.18. The van der Waals surface area contributed by atoms with E-state index in [1.807, 2.05) is 36.1 Å². The number of urea groups is 1. The molecule has 2 heterocycles. The van der Waals surface area contributed by atoms with Crippen LogP contribution in [0.1, 0.15) is 30.1 Å². The van der Waals surface area contributed by atoms with E-state index < -0.39 is 0 Å². The third-order valence-electron chi connectivity index (χ3n) is 4.57. The fourth-order valence-corrected chi connectivity index (χ4v) is 3.02. The van der Waals surface area contributed by atoms with Gasteiger partial charge in [-0.15, -0.1) is 0 Å². The molecule has 0 atom stereocenters. The second-order valence-corrected chi connectivity index (χ2v) is 6.59. The van der Waals surface area contributed by atoms with E-state index >= 15 is 0 Å². The minimum absolute atomic E-state index is 0.0554. The van der Waals surface area contributed by atoms with E-state index in [1.165, 1.54) is 0 Å². The highest BCUT2D eigenvalue weighted by atomic mass is 16.5. The van der Waals surface area contributed by atoms with Crippen LogP contribution in [0, 0.1) is 6.92 Å². The average molecular weight is 374 g/mol. The standard InChI is InChI=1S/C19H26N4O4/c1-14-5-3-4-6-16(14)20-19(24)23-10-7-15(8-11-23)26-12-9-17-21-18(13-25-2)27-22-17/h3-6,15H,7-13H2,1-2H3,(H,20,24). The lowest BCUT2D eigenvalue weighted by Gasteiger charge is -2.32. The van der Waals surface area contributed by atoms with Gasteiger partial charge in [0.2, 0.25) is 0 Å². The summed E-state index contributed by atoms with van der Waals surface area (Å²) in [5.74, 6) is 1.09. The maximum absolute atomic E-state index is 12.4. The Balaban J connectivity index is 1.37. The zero-order chi connectivity index (χ0) is 19.1. The number of nitrogens with one attached hydrogen (secondary N) is 1. The van der Waals surface area contributed by atoms with Gasteiger partial charge in [-0.3, -0.25) is 0 Å². The van der Waals surface area contributed by atoms with Crippen LogP contribution in [0.2, 0.25) is 0 Å². The molecule has 8 heteroatoms. The molecule has 1 aromatic carbocycles. The molecule has 0 aliphatic carbocycles. The summed E-state index contributed by atoms with van der Waals surface area (Å²) < 4.78 is 15.9. The molecule has 1 fully saturated rings. The van der Waals surface area contributed by atoms with Crippen LogP contribution >= 0.6 is 0 Å². The number of carbonyl (C=O) groups excluding carboxylic acids is 1. The van der Waals surface area contributed by atoms with Gasteiger partial charge in [-0.2, -0.15) is 4.98 Å². The largest absolute Gasteiger partial charge is 0.378 e. The molecule has 0 bridgehead atoms. The van der Waals surface area contributed by atoms with Gasteiger partial charge in [0.15, 0.2) is 5.82 Å². The number of carbonyl (C=O) groups is 1. The quantitative estimate of drug-likeness (QED) is 0.801. The fraction of sp³-hybridized carbons (Fsp3) is 0.526. The normalized spacial score (nSPS) is 15.1. The first-order valence-corrected chi connectivity index (χ1v) is 9.19. The number of methoxy groups -OCH3 is 1. The summed E-state index contributed by atoms with van der Waals surface area (Å²) in [6.45, 7) is 4.20. The van der Waals surface area contributed by atoms with Crippen molar-refractivity contribution in [2.45, 2.75) is 38.9 Å². The fourth-order valence-electron chi connectivity index (χ4n) is 3.02. The molecule has 146 valence electrons. The van der Waals surface area contributed by atoms with Crippen molar-refractivity contribution in [2.75, 3.05) is 32.1 Å². The van der Waals surface area contributed by atoms with E-state index in [1.54, 1.807) is 7.11 Å². The zero-order valence-electron chi connectivity index (χ0n) is 15.8. The molecule has 0 unspecified atom stereocenters. The summed E-state index contributed by atoms with van der Waals surface area (Å²) in [5.41, 5.74) is 1.91. The van der Waals surface area contributed by atoms with Gasteiger partial charge in [0, 0.05) is 32.3 Å². The molecule has 1 aliphatic rings. The first-order chi connectivity index (χ1) is 13.2. The number of amides is 2. The summed E-state index contributed by atoms with van der Waals surface area (Å²) in [6.07, 6.45) is 2.39. The Kier molecular flexibility index (Phi) is 6.78. The molecule has 2 aromatic rings. The Morgan fingerprint density at radius 1 is 1.33 bits per heavy atom. The third-order valence-corrected chi connectivity index (χ3v) is 4.57. The molecule has 0 spiro atoms. The molecule has 1 saturated heterocycles. The molecule has 1 aromatic heterocycles. The average Bonchev–Trinajstić information content (AvgIpc) is 3.12. The van der Waals surface area contributed by atoms with E-state index in [0.717, 1.165) is 24.1 Å². The van der Waals surface area contributed by atoms with Crippen molar-refractivity contribution in [3.8, 4) is 0 Å². The van der Waals surface area contributed by atoms with Crippen LogP contribution in [-0.2, 0) is 22.5 Å². The van der Waals surface area contributed by atoms with Crippen molar-refractivity contribution < 1.29 is 18.8 Å². The van der Waals surface area contributed by atoms with Crippen LogP contribution in [0.3, 0.4) is 0 Å². The van der Waals surface area contributed by atoms with Gasteiger partial charge >= 0.3 is 6.03 Å². The lowest BCUT2D eigenvalue weighted by Crippen LogP contribution is -2.43. The predicted octanol–water partition coefficient (Wildman–Crippen LogP) is 2.78. The summed E-state index contributed by atoms with van der Waals surface area (Å²) in [6, 6.07) is 7.72. The number of aromatic nitrogens is 2.